The minimum absolute atomic E-state index is 0.0863. The number of aromatic nitrogens is 3. The van der Waals surface area contributed by atoms with Crippen LogP contribution in [0.1, 0.15) is 5.56 Å². The second kappa shape index (κ2) is 8.43. The van der Waals surface area contributed by atoms with Crippen molar-refractivity contribution in [3.05, 3.63) is 65.5 Å². The quantitative estimate of drug-likeness (QED) is 0.355. The number of fused-ring (bicyclic) bond motifs is 2. The van der Waals surface area contributed by atoms with Crippen LogP contribution in [0.4, 0.5) is 5.82 Å². The number of thiophene rings is 1. The molecule has 3 aromatic heterocycles. The highest BCUT2D eigenvalue weighted by molar-refractivity contribution is 7.93. The zero-order valence-corrected chi connectivity index (χ0v) is 19.8. The Hall–Kier alpha value is -3.96. The van der Waals surface area contributed by atoms with Crippen LogP contribution in [0.2, 0.25) is 0 Å². The molecule has 2 aromatic carbocycles. The lowest BCUT2D eigenvalue weighted by molar-refractivity contribution is 0.354. The van der Waals surface area contributed by atoms with Crippen LogP contribution in [-0.4, -0.2) is 43.5 Å². The summed E-state index contributed by atoms with van der Waals surface area (Å²) < 4.78 is 39.2. The SMILES string of the molecule is COc1cccc(/C=N\n2c(N)c(S(=O)(=O)c3cccs3)c3nc4ccccc4nc32)c1OC. The molecule has 0 spiro atoms. The Morgan fingerprint density at radius 1 is 1.00 bits per heavy atom. The zero-order valence-electron chi connectivity index (χ0n) is 18.2. The minimum atomic E-state index is -3.96. The van der Waals surface area contributed by atoms with Gasteiger partial charge in [-0.25, -0.2) is 18.4 Å². The Morgan fingerprint density at radius 2 is 1.76 bits per heavy atom. The fraction of sp³-hybridized carbons (Fsp3) is 0.0870. The van der Waals surface area contributed by atoms with Crippen molar-refractivity contribution in [2.75, 3.05) is 20.0 Å². The molecule has 0 fully saturated rings. The lowest BCUT2D eigenvalue weighted by Crippen LogP contribution is -2.05. The van der Waals surface area contributed by atoms with Crippen molar-refractivity contribution >= 4 is 55.4 Å². The number of sulfone groups is 1. The van der Waals surface area contributed by atoms with Crippen LogP contribution >= 0.6 is 11.3 Å². The molecule has 0 aliphatic rings. The lowest BCUT2D eigenvalue weighted by Gasteiger charge is -2.09. The van der Waals surface area contributed by atoms with E-state index in [1.54, 1.807) is 48.9 Å². The molecule has 0 unspecified atom stereocenters. The molecular weight excluding hydrogens is 474 g/mol. The van der Waals surface area contributed by atoms with E-state index >= 15 is 0 Å². The van der Waals surface area contributed by atoms with Gasteiger partial charge >= 0.3 is 0 Å². The van der Waals surface area contributed by atoms with Gasteiger partial charge in [0.25, 0.3) is 0 Å². The number of para-hydroxylation sites is 3. The molecule has 0 atom stereocenters. The Labute approximate surface area is 199 Å². The predicted octanol–water partition coefficient (Wildman–Crippen LogP) is 3.96. The number of ether oxygens (including phenoxy) is 2. The van der Waals surface area contributed by atoms with Gasteiger partial charge in [-0.3, -0.25) is 0 Å². The van der Waals surface area contributed by atoms with Crippen LogP contribution in [0, 0.1) is 0 Å². The van der Waals surface area contributed by atoms with Crippen LogP contribution in [0.15, 0.2) is 74.2 Å². The van der Waals surface area contributed by atoms with Crippen molar-refractivity contribution in [1.82, 2.24) is 14.6 Å². The Bertz CT molecular complexity index is 1660. The maximum absolute atomic E-state index is 13.5. The van der Waals surface area contributed by atoms with Gasteiger partial charge in [-0.05, 0) is 35.7 Å². The first-order valence-corrected chi connectivity index (χ1v) is 12.4. The summed E-state index contributed by atoms with van der Waals surface area (Å²) in [6.45, 7) is 0. The molecule has 9 nitrogen and oxygen atoms in total. The van der Waals surface area contributed by atoms with Gasteiger partial charge in [0, 0.05) is 5.56 Å². The van der Waals surface area contributed by atoms with Gasteiger partial charge in [0.05, 0.1) is 31.5 Å². The predicted molar refractivity (Wildman–Crippen MR) is 132 cm³/mol. The molecule has 3 heterocycles. The molecule has 5 rings (SSSR count). The number of benzene rings is 2. The molecule has 5 aromatic rings. The first-order valence-electron chi connectivity index (χ1n) is 10.1. The minimum Gasteiger partial charge on any atom is -0.493 e. The third-order valence-corrected chi connectivity index (χ3v) is 8.42. The Balaban J connectivity index is 1.78. The summed E-state index contributed by atoms with van der Waals surface area (Å²) >= 11 is 1.10. The molecular formula is C23H19N5O4S2. The summed E-state index contributed by atoms with van der Waals surface area (Å²) in [4.78, 5) is 9.10. The molecule has 34 heavy (non-hydrogen) atoms. The first kappa shape index (κ1) is 21.9. The van der Waals surface area contributed by atoms with E-state index in [2.05, 4.69) is 15.1 Å². The van der Waals surface area contributed by atoms with Crippen molar-refractivity contribution in [2.45, 2.75) is 9.10 Å². The summed E-state index contributed by atoms with van der Waals surface area (Å²) in [5, 5.41) is 6.17. The highest BCUT2D eigenvalue weighted by atomic mass is 32.2. The van der Waals surface area contributed by atoms with E-state index in [0.29, 0.717) is 28.1 Å². The van der Waals surface area contributed by atoms with Crippen LogP contribution in [0.3, 0.4) is 0 Å². The van der Waals surface area contributed by atoms with Crippen molar-refractivity contribution in [3.8, 4) is 11.5 Å². The van der Waals surface area contributed by atoms with Crippen molar-refractivity contribution in [3.63, 3.8) is 0 Å². The molecule has 0 aliphatic carbocycles. The molecule has 0 saturated carbocycles. The zero-order chi connectivity index (χ0) is 23.9. The van der Waals surface area contributed by atoms with Crippen molar-refractivity contribution < 1.29 is 17.9 Å². The van der Waals surface area contributed by atoms with E-state index in [-0.39, 0.29) is 26.1 Å². The van der Waals surface area contributed by atoms with E-state index in [1.807, 2.05) is 12.1 Å². The number of nitrogen functional groups attached to an aromatic ring is 1. The molecule has 0 radical (unpaired) electrons. The summed E-state index contributed by atoms with van der Waals surface area (Å²) in [5.41, 5.74) is 8.53. The molecule has 0 amide bonds. The van der Waals surface area contributed by atoms with Gasteiger partial charge in [-0.2, -0.15) is 9.78 Å². The van der Waals surface area contributed by atoms with Gasteiger partial charge in [0.1, 0.15) is 20.4 Å². The third kappa shape index (κ3) is 3.45. The number of methoxy groups -OCH3 is 2. The highest BCUT2D eigenvalue weighted by Crippen LogP contribution is 2.37. The molecule has 172 valence electrons. The number of nitrogens with two attached hydrogens (primary N) is 1. The Kier molecular flexibility index (Phi) is 5.42. The number of hydrogen-bond acceptors (Lipinski definition) is 9. The number of hydrogen-bond donors (Lipinski definition) is 1. The monoisotopic (exact) mass is 493 g/mol. The molecule has 0 bridgehead atoms. The Morgan fingerprint density at radius 3 is 2.44 bits per heavy atom. The average Bonchev–Trinajstić information content (AvgIpc) is 3.48. The number of rotatable bonds is 6. The smallest absolute Gasteiger partial charge is 0.221 e. The van der Waals surface area contributed by atoms with E-state index in [1.165, 1.54) is 24.1 Å². The normalized spacial score (nSPS) is 12.1. The third-order valence-electron chi connectivity index (χ3n) is 5.20. The van der Waals surface area contributed by atoms with Crippen LogP contribution in [0.25, 0.3) is 22.2 Å². The van der Waals surface area contributed by atoms with Gasteiger partial charge in [-0.1, -0.05) is 24.3 Å². The maximum atomic E-state index is 13.5. The van der Waals surface area contributed by atoms with Crippen molar-refractivity contribution in [2.24, 2.45) is 5.10 Å². The summed E-state index contributed by atoms with van der Waals surface area (Å²) in [6, 6.07) is 15.7. The highest BCUT2D eigenvalue weighted by Gasteiger charge is 2.31. The van der Waals surface area contributed by atoms with E-state index in [0.717, 1.165) is 11.3 Å². The summed E-state index contributed by atoms with van der Waals surface area (Å²) in [6.07, 6.45) is 1.51. The lowest BCUT2D eigenvalue weighted by atomic mass is 10.2. The topological polar surface area (TPSA) is 122 Å². The van der Waals surface area contributed by atoms with E-state index in [4.69, 9.17) is 15.2 Å². The average molecular weight is 494 g/mol. The second-order valence-corrected chi connectivity index (χ2v) is 10.2. The number of nitrogens with zero attached hydrogens (tertiary/aromatic N) is 4. The van der Waals surface area contributed by atoms with Gasteiger partial charge < -0.3 is 15.2 Å². The van der Waals surface area contributed by atoms with Crippen LogP contribution < -0.4 is 15.2 Å². The van der Waals surface area contributed by atoms with Gasteiger partial charge in [-0.15, -0.1) is 11.3 Å². The van der Waals surface area contributed by atoms with E-state index < -0.39 is 9.84 Å². The van der Waals surface area contributed by atoms with Gasteiger partial charge in [0.15, 0.2) is 17.1 Å². The summed E-state index contributed by atoms with van der Waals surface area (Å²) in [7, 11) is -0.890. The second-order valence-electron chi connectivity index (χ2n) is 7.17. The first-order chi connectivity index (χ1) is 16.5. The molecule has 0 aliphatic heterocycles. The molecule has 11 heteroatoms. The van der Waals surface area contributed by atoms with E-state index in [9.17, 15) is 8.42 Å². The van der Waals surface area contributed by atoms with Crippen LogP contribution in [-0.2, 0) is 9.84 Å². The number of anilines is 1. The van der Waals surface area contributed by atoms with Crippen molar-refractivity contribution in [1.29, 1.82) is 0 Å². The summed E-state index contributed by atoms with van der Waals surface area (Å²) in [5.74, 6) is 0.923. The fourth-order valence-corrected chi connectivity index (χ4v) is 6.24. The fourth-order valence-electron chi connectivity index (χ4n) is 3.65. The maximum Gasteiger partial charge on any atom is 0.221 e. The largest absolute Gasteiger partial charge is 0.493 e. The molecule has 0 saturated heterocycles. The molecule has 2 N–H and O–H groups in total. The van der Waals surface area contributed by atoms with Gasteiger partial charge in [0.2, 0.25) is 9.84 Å². The standard InChI is InChI=1S/C23H19N5O4S2/c1-31-17-10-5-7-14(20(17)32-2)13-25-28-22(24)21(34(29,30)18-11-6-12-33-18)19-23(28)27-16-9-4-3-8-15(16)26-19/h3-13H,24H2,1-2H3/b25-13-. The van der Waals surface area contributed by atoms with Crippen LogP contribution in [0.5, 0.6) is 11.5 Å².